The van der Waals surface area contributed by atoms with E-state index in [-0.39, 0.29) is 68.9 Å². The molecule has 0 heterocycles. The number of rotatable bonds is 38. The van der Waals surface area contributed by atoms with Crippen LogP contribution in [0.1, 0.15) is 272 Å². The van der Waals surface area contributed by atoms with E-state index in [9.17, 15) is 19.6 Å². The number of hydrogen-bond donors (Lipinski definition) is 2. The Balaban J connectivity index is -0.00000117. The van der Waals surface area contributed by atoms with Crippen molar-refractivity contribution < 1.29 is 78.0 Å². The van der Waals surface area contributed by atoms with Crippen LogP contribution in [-0.4, -0.2) is 35.1 Å². The molecule has 0 aromatic carbocycles. The minimum Gasteiger partial charge on any atom is -0.854 e. The molecule has 388 valence electrons. The van der Waals surface area contributed by atoms with Gasteiger partial charge in [-0.25, -0.2) is 20.1 Å². The quantitative estimate of drug-likeness (QED) is 0.0269. The molecule has 0 radical (unpaired) electrons. The third kappa shape index (κ3) is 38.1. The average Bonchev–Trinajstić information content (AvgIpc) is 3.27. The summed E-state index contributed by atoms with van der Waals surface area (Å²) < 4.78 is 0. The van der Waals surface area contributed by atoms with Gasteiger partial charge in [-0.15, -0.1) is 0 Å². The normalized spacial score (nSPS) is 17.7. The monoisotopic (exact) mass is 1200 g/mol. The second-order valence-corrected chi connectivity index (χ2v) is 36.0. The van der Waals surface area contributed by atoms with Crippen molar-refractivity contribution in [3.63, 3.8) is 0 Å². The van der Waals surface area contributed by atoms with Crippen LogP contribution in [0.4, 0.5) is 0 Å². The number of nitrogens with two attached hydrogens (primary N) is 2. The minimum absolute atomic E-state index is 0. The third-order valence-corrected chi connectivity index (χ3v) is 30.1. The van der Waals surface area contributed by atoms with Crippen molar-refractivity contribution in [2.45, 2.75) is 282 Å². The Bertz CT molecular complexity index is 1100. The summed E-state index contributed by atoms with van der Waals surface area (Å²) in [7, 11) is -1.40. The maximum absolute atomic E-state index is 12.5. The van der Waals surface area contributed by atoms with Gasteiger partial charge in [-0.1, -0.05) is 259 Å². The maximum Gasteiger partial charge on any atom is 2.00 e. The van der Waals surface area contributed by atoms with Gasteiger partial charge in [0.2, 0.25) is 0 Å². The van der Waals surface area contributed by atoms with Crippen molar-refractivity contribution in [2.75, 3.05) is 24.6 Å². The first-order valence-electron chi connectivity index (χ1n) is 27.7. The zero-order chi connectivity index (χ0) is 47.3. The van der Waals surface area contributed by atoms with Crippen molar-refractivity contribution in [1.29, 1.82) is 0 Å². The third-order valence-electron chi connectivity index (χ3n) is 15.1. The van der Waals surface area contributed by atoms with E-state index in [4.69, 9.17) is 36.0 Å². The van der Waals surface area contributed by atoms with Crippen LogP contribution in [0.5, 0.6) is 0 Å². The van der Waals surface area contributed by atoms with E-state index in [2.05, 4.69) is 27.7 Å². The zero-order valence-corrected chi connectivity index (χ0v) is 58.6. The SMILES string of the molecule is CCCCCCCCCCCCCCCCS(C(C)C(CN)C1CCCCC1)=P([O-])([O-])[S-].CCCCCCCCCCCCCCCCS(C(C)C(CN)C1CCCCC1)=P([O-])([O-])[S-].[Zn+2].[Zn+2].[Zn+2]. The summed E-state index contributed by atoms with van der Waals surface area (Å²) in [5.74, 6) is 3.33. The molecule has 0 amide bonds. The molecule has 4 N–H and O–H groups in total. The summed E-state index contributed by atoms with van der Waals surface area (Å²) in [5, 5.41) is 0.233. The first kappa shape index (κ1) is 75.1. The molecule has 0 aromatic rings. The molecule has 0 bridgehead atoms. The molecule has 2 rings (SSSR count). The Morgan fingerprint density at radius 2 is 0.612 bits per heavy atom. The van der Waals surface area contributed by atoms with Crippen molar-refractivity contribution in [3.05, 3.63) is 0 Å². The summed E-state index contributed by atoms with van der Waals surface area (Å²) in [6.07, 6.45) is 49.5. The minimum atomic E-state index is -3.73. The molecule has 67 heavy (non-hydrogen) atoms. The van der Waals surface area contributed by atoms with Gasteiger partial charge in [-0.3, -0.25) is 0 Å². The van der Waals surface area contributed by atoms with Crippen molar-refractivity contribution in [3.8, 4) is 0 Å². The van der Waals surface area contributed by atoms with Gasteiger partial charge in [0.25, 0.3) is 0 Å². The van der Waals surface area contributed by atoms with Gasteiger partial charge in [0.1, 0.15) is 0 Å². The largest absolute Gasteiger partial charge is 2.00 e. The van der Waals surface area contributed by atoms with E-state index in [0.29, 0.717) is 36.8 Å². The Kier molecular flexibility index (Phi) is 55.5. The Morgan fingerprint density at radius 1 is 0.403 bits per heavy atom. The van der Waals surface area contributed by atoms with Crippen LogP contribution in [0.2, 0.25) is 0 Å². The van der Waals surface area contributed by atoms with Crippen LogP contribution in [-0.2, 0) is 103 Å². The molecular formula is C52H106N2O4P2S4Zn3. The van der Waals surface area contributed by atoms with E-state index in [1.165, 1.54) is 218 Å². The Hall–Kier alpha value is 3.89. The molecule has 2 aliphatic rings. The van der Waals surface area contributed by atoms with Crippen LogP contribution < -0.4 is 31.0 Å². The second kappa shape index (κ2) is 49.5. The van der Waals surface area contributed by atoms with Crippen LogP contribution in [0, 0.1) is 23.7 Å². The van der Waals surface area contributed by atoms with Crippen molar-refractivity contribution in [2.24, 2.45) is 35.1 Å². The zero-order valence-electron chi connectivity index (χ0n) is 44.6. The smallest absolute Gasteiger partial charge is 0.854 e. The Labute approximate surface area is 471 Å². The molecular weight excluding hydrogens is 1100 g/mol. The van der Waals surface area contributed by atoms with Crippen LogP contribution in [0.3, 0.4) is 0 Å². The first-order chi connectivity index (χ1) is 30.8. The number of hydrogen-bond acceptors (Lipinski definition) is 8. The van der Waals surface area contributed by atoms with Crippen molar-refractivity contribution in [1.82, 2.24) is 0 Å². The van der Waals surface area contributed by atoms with Gasteiger partial charge >= 0.3 is 58.4 Å². The van der Waals surface area contributed by atoms with E-state index in [1.807, 2.05) is 0 Å². The topological polar surface area (TPSA) is 144 Å². The molecule has 6 unspecified atom stereocenters. The molecule has 2 saturated carbocycles. The van der Waals surface area contributed by atoms with E-state index in [0.717, 1.165) is 37.2 Å². The molecule has 0 aromatic heterocycles. The summed E-state index contributed by atoms with van der Waals surface area (Å²) >= 11 is 10.0. The molecule has 6 atom stereocenters. The molecule has 15 heteroatoms. The number of unbranched alkanes of at least 4 members (excludes halogenated alkanes) is 26. The van der Waals surface area contributed by atoms with Gasteiger partial charge in [-0.05, 0) is 71.6 Å². The van der Waals surface area contributed by atoms with E-state index < -0.39 is 31.5 Å². The maximum atomic E-state index is 12.5. The van der Waals surface area contributed by atoms with Crippen LogP contribution in [0.15, 0.2) is 0 Å². The summed E-state index contributed by atoms with van der Waals surface area (Å²) in [6.45, 7) is 9.99. The molecule has 2 aliphatic carbocycles. The molecule has 0 aliphatic heterocycles. The fourth-order valence-corrected chi connectivity index (χ4v) is 24.7. The van der Waals surface area contributed by atoms with E-state index >= 15 is 0 Å². The van der Waals surface area contributed by atoms with Crippen LogP contribution >= 0.6 is 11.4 Å². The van der Waals surface area contributed by atoms with E-state index in [1.54, 1.807) is 0 Å². The van der Waals surface area contributed by atoms with Crippen LogP contribution in [0.25, 0.3) is 0 Å². The predicted molar refractivity (Wildman–Crippen MR) is 291 cm³/mol. The average molecular weight is 1210 g/mol. The standard InChI is InChI=1S/2C26H53NO2PS2.3Zn/c2*1-3-4-5-6-7-8-9-10-11-12-13-14-15-19-22-32(30(28,29)31)24(2)26(23-27)25-20-17-16-18-21-25;;;/h2*24-26H,3-23,27H2,1-2H3;;;/q2*-3;3*+2. The molecule has 2 fully saturated rings. The summed E-state index contributed by atoms with van der Waals surface area (Å²) in [6, 6.07) is 0. The van der Waals surface area contributed by atoms with Gasteiger partial charge in [0, 0.05) is 0 Å². The fourth-order valence-electron chi connectivity index (χ4n) is 11.0. The molecule has 6 nitrogen and oxygen atoms in total. The van der Waals surface area contributed by atoms with Gasteiger partial charge in [0.05, 0.1) is 0 Å². The molecule has 0 spiro atoms. The van der Waals surface area contributed by atoms with Gasteiger partial charge in [0.15, 0.2) is 0 Å². The van der Waals surface area contributed by atoms with Gasteiger partial charge < -0.3 is 66.9 Å². The van der Waals surface area contributed by atoms with Crippen molar-refractivity contribution >= 4 is 56.0 Å². The second-order valence-electron chi connectivity index (χ2n) is 20.3. The fraction of sp³-hybridized carbons (Fsp3) is 1.00. The predicted octanol–water partition coefficient (Wildman–Crippen LogP) is 13.1. The molecule has 0 saturated heterocycles. The Morgan fingerprint density at radius 3 is 0.806 bits per heavy atom. The summed E-state index contributed by atoms with van der Waals surface area (Å²) in [5.41, 5.74) is 4.83. The summed E-state index contributed by atoms with van der Waals surface area (Å²) in [4.78, 5) is 49.8. The first-order valence-corrected chi connectivity index (χ1v) is 37.1. The van der Waals surface area contributed by atoms with Gasteiger partial charge in [-0.2, -0.15) is 0 Å².